The molecule has 33 valence electrons. The van der Waals surface area contributed by atoms with Crippen molar-refractivity contribution in [3.8, 4) is 0 Å². The van der Waals surface area contributed by atoms with Crippen LogP contribution in [-0.4, -0.2) is 15.2 Å². The third-order valence-corrected chi connectivity index (χ3v) is 1.01. The van der Waals surface area contributed by atoms with Crippen molar-refractivity contribution in [2.24, 2.45) is 0 Å². The monoisotopic (exact) mass is 106 g/mol. The Bertz CT molecular complexity index is 138. The van der Waals surface area contributed by atoms with E-state index in [-0.39, 0.29) is 0 Å². The first kappa shape index (κ1) is 4.52. The third-order valence-electron chi connectivity index (χ3n) is 0.680. The van der Waals surface area contributed by atoms with E-state index in [4.69, 9.17) is 0 Å². The number of hydrogen-bond donors (Lipinski definition) is 0. The lowest BCUT2D eigenvalue weighted by atomic mass is 10.5. The largest absolute Gasteiger partial charge is 0.265 e. The van der Waals surface area contributed by atoms with Crippen LogP contribution in [0.3, 0.4) is 0 Å². The van der Waals surface area contributed by atoms with Crippen LogP contribution in [0, 0.1) is 0 Å². The van der Waals surface area contributed by atoms with Crippen molar-refractivity contribution < 1.29 is 0 Å². The van der Waals surface area contributed by atoms with E-state index in [1.807, 2.05) is 12.1 Å². The minimum atomic E-state index is 1.06. The highest BCUT2D eigenvalue weighted by Gasteiger charge is 1.73. The maximum atomic E-state index is 3.81. The fraction of sp³-hybridized carbons (Fsp3) is 0. The number of pyridine rings is 1. The number of nitrogens with zero attached hydrogens (tertiary/aromatic N) is 1. The molecule has 0 N–H and O–H groups in total. The van der Waals surface area contributed by atoms with Gasteiger partial charge in [-0.15, -0.1) is 0 Å². The number of hydrogen-bond acceptors (Lipinski definition) is 1. The molecule has 0 saturated heterocycles. The van der Waals surface area contributed by atoms with Crippen molar-refractivity contribution in [3.63, 3.8) is 0 Å². The van der Waals surface area contributed by atoms with Crippen molar-refractivity contribution in [1.82, 2.24) is 4.98 Å². The van der Waals surface area contributed by atoms with Gasteiger partial charge in [0, 0.05) is 12.4 Å². The first-order chi connectivity index (χ1) is 3.39. The number of aromatic nitrogens is 1. The maximum absolute atomic E-state index is 3.81. The minimum Gasteiger partial charge on any atom is -0.265 e. The summed E-state index contributed by atoms with van der Waals surface area (Å²) in [6, 6.07) is 3.77. The summed E-state index contributed by atoms with van der Waals surface area (Å²) in [5.74, 6) is 0. The van der Waals surface area contributed by atoms with Crippen molar-refractivity contribution >= 4 is 15.4 Å². The van der Waals surface area contributed by atoms with Crippen LogP contribution in [0.15, 0.2) is 24.5 Å². The molecule has 1 aromatic rings. The Hall–Kier alpha value is -0.633. The zero-order valence-electron chi connectivity index (χ0n) is 3.76. The van der Waals surface area contributed by atoms with Gasteiger partial charge in [-0.1, -0.05) is 5.19 Å². The standard InChI is InChI=1S/C5H4NSi/c7-5-1-3-6-4-2-5/h1-4H. The lowest BCUT2D eigenvalue weighted by Crippen LogP contribution is -1.98. The second-order valence-electron chi connectivity index (χ2n) is 1.24. The van der Waals surface area contributed by atoms with Gasteiger partial charge in [-0.05, 0) is 12.1 Å². The van der Waals surface area contributed by atoms with Gasteiger partial charge < -0.3 is 0 Å². The van der Waals surface area contributed by atoms with Gasteiger partial charge in [0.05, 0.1) is 10.2 Å². The lowest BCUT2D eigenvalue weighted by molar-refractivity contribution is 1.34. The smallest absolute Gasteiger partial charge is 0.0713 e. The van der Waals surface area contributed by atoms with E-state index in [0.29, 0.717) is 0 Å². The third kappa shape index (κ3) is 1.12. The van der Waals surface area contributed by atoms with Crippen LogP contribution in [0.2, 0.25) is 0 Å². The SMILES string of the molecule is [Si]c1ccncc1. The van der Waals surface area contributed by atoms with Gasteiger partial charge in [-0.2, -0.15) is 0 Å². The molecule has 0 aliphatic carbocycles. The van der Waals surface area contributed by atoms with Gasteiger partial charge >= 0.3 is 0 Å². The quantitative estimate of drug-likeness (QED) is 0.420. The van der Waals surface area contributed by atoms with E-state index < -0.39 is 0 Å². The zero-order valence-corrected chi connectivity index (χ0v) is 4.76. The predicted octanol–water partition coefficient (Wildman–Crippen LogP) is -0.125. The molecular weight excluding hydrogens is 102 g/mol. The molecule has 1 rings (SSSR count). The summed E-state index contributed by atoms with van der Waals surface area (Å²) >= 11 is 0. The lowest BCUT2D eigenvalue weighted by Gasteiger charge is -1.81. The predicted molar refractivity (Wildman–Crippen MR) is 29.6 cm³/mol. The topological polar surface area (TPSA) is 12.9 Å². The van der Waals surface area contributed by atoms with Gasteiger partial charge in [-0.25, -0.2) is 0 Å². The van der Waals surface area contributed by atoms with E-state index in [9.17, 15) is 0 Å². The molecule has 1 nitrogen and oxygen atoms in total. The van der Waals surface area contributed by atoms with Crippen molar-refractivity contribution in [1.29, 1.82) is 0 Å². The summed E-state index contributed by atoms with van der Waals surface area (Å²) in [5.41, 5.74) is 0. The second-order valence-corrected chi connectivity index (χ2v) is 1.81. The van der Waals surface area contributed by atoms with Crippen molar-refractivity contribution in [3.05, 3.63) is 24.5 Å². The Morgan fingerprint density at radius 2 is 1.86 bits per heavy atom. The molecule has 2 heteroatoms. The Morgan fingerprint density at radius 1 is 1.29 bits per heavy atom. The average Bonchev–Trinajstić information content (AvgIpc) is 1.69. The molecule has 0 atom stereocenters. The van der Waals surface area contributed by atoms with Crippen LogP contribution in [0.1, 0.15) is 0 Å². The minimum absolute atomic E-state index is 1.06. The van der Waals surface area contributed by atoms with Crippen LogP contribution >= 0.6 is 0 Å². The van der Waals surface area contributed by atoms with Crippen LogP contribution in [0.25, 0.3) is 0 Å². The highest BCUT2D eigenvalue weighted by atomic mass is 28.1. The molecule has 0 aromatic carbocycles. The highest BCUT2D eigenvalue weighted by Crippen LogP contribution is 1.69. The molecule has 0 bridgehead atoms. The van der Waals surface area contributed by atoms with Gasteiger partial charge in [0.1, 0.15) is 0 Å². The summed E-state index contributed by atoms with van der Waals surface area (Å²) in [6.45, 7) is 0. The fourth-order valence-electron chi connectivity index (χ4n) is 0.352. The van der Waals surface area contributed by atoms with Gasteiger partial charge in [-0.3, -0.25) is 4.98 Å². The van der Waals surface area contributed by atoms with Crippen LogP contribution < -0.4 is 5.19 Å². The molecule has 0 aliphatic rings. The molecule has 0 aliphatic heterocycles. The molecular formula is C5H4NSi. The van der Waals surface area contributed by atoms with E-state index in [0.717, 1.165) is 5.19 Å². The van der Waals surface area contributed by atoms with Crippen LogP contribution in [0.4, 0.5) is 0 Å². The molecule has 0 spiro atoms. The summed E-state index contributed by atoms with van der Waals surface area (Å²) in [6.07, 6.45) is 3.48. The summed E-state index contributed by atoms with van der Waals surface area (Å²) in [7, 11) is 3.32. The Labute approximate surface area is 45.8 Å². The zero-order chi connectivity index (χ0) is 5.11. The van der Waals surface area contributed by atoms with Gasteiger partial charge in [0.15, 0.2) is 0 Å². The van der Waals surface area contributed by atoms with Crippen molar-refractivity contribution in [2.45, 2.75) is 0 Å². The van der Waals surface area contributed by atoms with Crippen LogP contribution in [0.5, 0.6) is 0 Å². The molecule has 7 heavy (non-hydrogen) atoms. The normalized spacial score (nSPS) is 8.71. The second kappa shape index (κ2) is 1.89. The summed E-state index contributed by atoms with van der Waals surface area (Å²) in [4.78, 5) is 3.81. The molecule has 0 amide bonds. The Kier molecular flexibility index (Phi) is 1.22. The number of rotatable bonds is 0. The summed E-state index contributed by atoms with van der Waals surface area (Å²) in [5, 5.41) is 1.06. The Balaban J connectivity index is 3.02. The molecule has 1 aromatic heterocycles. The highest BCUT2D eigenvalue weighted by molar-refractivity contribution is 6.32. The van der Waals surface area contributed by atoms with E-state index in [1.165, 1.54) is 0 Å². The van der Waals surface area contributed by atoms with E-state index >= 15 is 0 Å². The summed E-state index contributed by atoms with van der Waals surface area (Å²) < 4.78 is 0. The molecule has 0 fully saturated rings. The van der Waals surface area contributed by atoms with Gasteiger partial charge in [0.25, 0.3) is 0 Å². The van der Waals surface area contributed by atoms with E-state index in [2.05, 4.69) is 15.2 Å². The maximum Gasteiger partial charge on any atom is 0.0713 e. The fourth-order valence-corrected chi connectivity index (χ4v) is 0.501. The first-order valence-electron chi connectivity index (χ1n) is 2.01. The Morgan fingerprint density at radius 3 is 2.14 bits per heavy atom. The van der Waals surface area contributed by atoms with Gasteiger partial charge in [0.2, 0.25) is 0 Å². The van der Waals surface area contributed by atoms with Crippen LogP contribution in [-0.2, 0) is 0 Å². The van der Waals surface area contributed by atoms with E-state index in [1.54, 1.807) is 12.4 Å². The molecule has 3 radical (unpaired) electrons. The average molecular weight is 106 g/mol. The first-order valence-corrected chi connectivity index (χ1v) is 2.51. The molecule has 1 heterocycles. The van der Waals surface area contributed by atoms with Crippen molar-refractivity contribution in [2.75, 3.05) is 0 Å². The molecule has 0 saturated carbocycles. The molecule has 0 unspecified atom stereocenters.